The molecule has 0 unspecified atom stereocenters. The maximum Gasteiger partial charge on any atom is 0.416 e. The Morgan fingerprint density at radius 2 is 1.94 bits per heavy atom. The number of nitriles is 1. The summed E-state index contributed by atoms with van der Waals surface area (Å²) in [6.07, 6.45) is -3.41. The van der Waals surface area contributed by atoms with E-state index in [9.17, 15) is 33.3 Å². The summed E-state index contributed by atoms with van der Waals surface area (Å²) in [5.74, 6) is -0.697. The molecule has 0 saturated heterocycles. The number of hydrogen-bond acceptors (Lipinski definition) is 5. The third-order valence-corrected chi connectivity index (χ3v) is 4.48. The Kier molecular flexibility index (Phi) is 6.32. The first-order valence-corrected chi connectivity index (χ1v) is 9.11. The zero-order valence-corrected chi connectivity index (χ0v) is 16.6. The normalized spacial score (nSPS) is 11.7. The molecular formula is C21H11ClF3N3O4. The lowest BCUT2D eigenvalue weighted by molar-refractivity contribution is -0.384. The first kappa shape index (κ1) is 22.6. The number of alkyl halides is 3. The monoisotopic (exact) mass is 461 g/mol. The van der Waals surface area contributed by atoms with Crippen molar-refractivity contribution in [1.82, 2.24) is 0 Å². The lowest BCUT2D eigenvalue weighted by Gasteiger charge is -2.07. The van der Waals surface area contributed by atoms with E-state index >= 15 is 0 Å². The molecular weight excluding hydrogens is 451 g/mol. The number of nitrogens with one attached hydrogen (secondary N) is 1. The van der Waals surface area contributed by atoms with Crippen LogP contribution in [0.3, 0.4) is 0 Å². The molecule has 0 aliphatic carbocycles. The number of amides is 1. The Hall–Kier alpha value is -4.10. The lowest BCUT2D eigenvalue weighted by atomic mass is 10.1. The highest BCUT2D eigenvalue weighted by Crippen LogP contribution is 2.33. The number of halogens is 4. The van der Waals surface area contributed by atoms with E-state index < -0.39 is 22.6 Å². The van der Waals surface area contributed by atoms with E-state index in [1.165, 1.54) is 30.3 Å². The fourth-order valence-electron chi connectivity index (χ4n) is 2.63. The summed E-state index contributed by atoms with van der Waals surface area (Å²) in [5, 5.41) is 22.3. The lowest BCUT2D eigenvalue weighted by Crippen LogP contribution is -2.13. The number of hydrogen-bond donors (Lipinski definition) is 1. The van der Waals surface area contributed by atoms with Gasteiger partial charge in [0.1, 0.15) is 23.2 Å². The molecule has 11 heteroatoms. The van der Waals surface area contributed by atoms with Gasteiger partial charge in [0.2, 0.25) is 0 Å². The van der Waals surface area contributed by atoms with Gasteiger partial charge in [0.05, 0.1) is 21.2 Å². The highest BCUT2D eigenvalue weighted by Gasteiger charge is 2.30. The maximum absolute atomic E-state index is 12.9. The van der Waals surface area contributed by atoms with Gasteiger partial charge in [0, 0.05) is 23.8 Å². The minimum Gasteiger partial charge on any atom is -0.457 e. The summed E-state index contributed by atoms with van der Waals surface area (Å²) in [4.78, 5) is 22.5. The van der Waals surface area contributed by atoms with Gasteiger partial charge in [0.15, 0.2) is 0 Å². The van der Waals surface area contributed by atoms with Crippen LogP contribution in [0, 0.1) is 21.4 Å². The molecule has 0 radical (unpaired) electrons. The Labute approximate surface area is 183 Å². The van der Waals surface area contributed by atoms with Gasteiger partial charge >= 0.3 is 6.18 Å². The van der Waals surface area contributed by atoms with Crippen molar-refractivity contribution in [3.05, 3.63) is 86.6 Å². The molecule has 162 valence electrons. The molecule has 1 aromatic heterocycles. The largest absolute Gasteiger partial charge is 0.457 e. The van der Waals surface area contributed by atoms with E-state index in [1.54, 1.807) is 6.07 Å². The van der Waals surface area contributed by atoms with E-state index in [2.05, 4.69) is 5.32 Å². The molecule has 0 aliphatic rings. The molecule has 1 heterocycles. The van der Waals surface area contributed by atoms with Gasteiger partial charge in [-0.2, -0.15) is 18.4 Å². The van der Waals surface area contributed by atoms with Crippen molar-refractivity contribution in [2.75, 3.05) is 5.32 Å². The molecule has 0 fully saturated rings. The SMILES string of the molecule is N#CC(=Cc1ccc(-c2cccc(C(F)(F)F)c2)o1)C(=O)Nc1ccc([N+](=O)[O-])cc1Cl. The Balaban J connectivity index is 1.82. The van der Waals surface area contributed by atoms with E-state index in [4.69, 9.17) is 16.0 Å². The van der Waals surface area contributed by atoms with Crippen molar-refractivity contribution in [1.29, 1.82) is 5.26 Å². The molecule has 3 rings (SSSR count). The van der Waals surface area contributed by atoms with Crippen LogP contribution in [-0.2, 0) is 11.0 Å². The fourth-order valence-corrected chi connectivity index (χ4v) is 2.86. The quantitative estimate of drug-likeness (QED) is 0.214. The summed E-state index contributed by atoms with van der Waals surface area (Å²) in [7, 11) is 0. The van der Waals surface area contributed by atoms with Gasteiger partial charge in [-0.25, -0.2) is 0 Å². The van der Waals surface area contributed by atoms with Crippen LogP contribution in [0.15, 0.2) is 64.6 Å². The van der Waals surface area contributed by atoms with E-state index in [1.807, 2.05) is 0 Å². The fraction of sp³-hybridized carbons (Fsp3) is 0.0476. The molecule has 0 atom stereocenters. The van der Waals surface area contributed by atoms with Crippen LogP contribution in [0.5, 0.6) is 0 Å². The predicted octanol–water partition coefficient (Wildman–Crippen LogP) is 6.07. The molecule has 32 heavy (non-hydrogen) atoms. The number of benzene rings is 2. The van der Waals surface area contributed by atoms with Crippen LogP contribution in [-0.4, -0.2) is 10.8 Å². The standard InChI is InChI=1S/C21H11ClF3N3O4/c22-17-10-15(28(30)31)4-6-18(17)27-20(29)13(11-26)9-16-5-7-19(32-16)12-2-1-3-14(8-12)21(23,24)25/h1-10H,(H,27,29). The topological polar surface area (TPSA) is 109 Å². The zero-order valence-electron chi connectivity index (χ0n) is 15.8. The number of carbonyl (C=O) groups excluding carboxylic acids is 1. The van der Waals surface area contributed by atoms with Crippen molar-refractivity contribution in [3.63, 3.8) is 0 Å². The van der Waals surface area contributed by atoms with Gasteiger partial charge in [-0.15, -0.1) is 0 Å². The summed E-state index contributed by atoms with van der Waals surface area (Å²) in [5.41, 5.74) is -1.29. The average Bonchev–Trinajstić information content (AvgIpc) is 3.21. The molecule has 2 aromatic carbocycles. The number of carbonyl (C=O) groups is 1. The summed E-state index contributed by atoms with van der Waals surface area (Å²) in [6.45, 7) is 0. The van der Waals surface area contributed by atoms with Gasteiger partial charge in [-0.3, -0.25) is 14.9 Å². The number of furan rings is 1. The van der Waals surface area contributed by atoms with Crippen molar-refractivity contribution in [2.45, 2.75) is 6.18 Å². The number of non-ortho nitro benzene ring substituents is 1. The highest BCUT2D eigenvalue weighted by atomic mass is 35.5. The molecule has 1 amide bonds. The van der Waals surface area contributed by atoms with Crippen molar-refractivity contribution in [2.24, 2.45) is 0 Å². The Morgan fingerprint density at radius 1 is 1.19 bits per heavy atom. The second-order valence-corrected chi connectivity index (χ2v) is 6.73. The van der Waals surface area contributed by atoms with Crippen LogP contribution in [0.1, 0.15) is 11.3 Å². The summed E-state index contributed by atoms with van der Waals surface area (Å²) in [6, 6.07) is 12.4. The molecule has 0 saturated carbocycles. The van der Waals surface area contributed by atoms with Crippen LogP contribution >= 0.6 is 11.6 Å². The molecule has 7 nitrogen and oxygen atoms in total. The van der Waals surface area contributed by atoms with Crippen LogP contribution < -0.4 is 5.32 Å². The van der Waals surface area contributed by atoms with Gasteiger partial charge in [-0.05, 0) is 30.3 Å². The minimum absolute atomic E-state index is 0.0486. The van der Waals surface area contributed by atoms with Gasteiger partial charge in [-0.1, -0.05) is 23.7 Å². The number of nitro benzene ring substituents is 1. The van der Waals surface area contributed by atoms with Crippen molar-refractivity contribution >= 4 is 35.0 Å². The Morgan fingerprint density at radius 3 is 2.56 bits per heavy atom. The second-order valence-electron chi connectivity index (χ2n) is 6.33. The molecule has 0 spiro atoms. The highest BCUT2D eigenvalue weighted by molar-refractivity contribution is 6.34. The van der Waals surface area contributed by atoms with Crippen LogP contribution in [0.4, 0.5) is 24.5 Å². The smallest absolute Gasteiger partial charge is 0.416 e. The first-order chi connectivity index (χ1) is 15.1. The third kappa shape index (κ3) is 5.14. The van der Waals surface area contributed by atoms with Crippen molar-refractivity contribution in [3.8, 4) is 17.4 Å². The Bertz CT molecular complexity index is 1280. The average molecular weight is 462 g/mol. The molecule has 0 aliphatic heterocycles. The number of anilines is 1. The minimum atomic E-state index is -4.52. The molecule has 1 N–H and O–H groups in total. The second kappa shape index (κ2) is 8.95. The van der Waals surface area contributed by atoms with Gasteiger partial charge in [0.25, 0.3) is 11.6 Å². The summed E-state index contributed by atoms with van der Waals surface area (Å²) >= 11 is 5.92. The molecule has 3 aromatic rings. The van der Waals surface area contributed by atoms with Crippen molar-refractivity contribution < 1.29 is 27.3 Å². The van der Waals surface area contributed by atoms with E-state index in [-0.39, 0.29) is 39.1 Å². The van der Waals surface area contributed by atoms with Crippen LogP contribution in [0.25, 0.3) is 17.4 Å². The predicted molar refractivity (Wildman–Crippen MR) is 109 cm³/mol. The molecule has 0 bridgehead atoms. The number of rotatable bonds is 5. The van der Waals surface area contributed by atoms with Gasteiger partial charge < -0.3 is 9.73 Å². The number of nitrogens with zero attached hydrogens (tertiary/aromatic N) is 2. The van der Waals surface area contributed by atoms with Crippen LogP contribution in [0.2, 0.25) is 5.02 Å². The first-order valence-electron chi connectivity index (χ1n) is 8.73. The van der Waals surface area contributed by atoms with E-state index in [0.29, 0.717) is 0 Å². The third-order valence-electron chi connectivity index (χ3n) is 4.16. The summed E-state index contributed by atoms with van der Waals surface area (Å²) < 4.78 is 44.2. The number of nitro groups is 1. The maximum atomic E-state index is 12.9. The zero-order chi connectivity index (χ0) is 23.5. The van der Waals surface area contributed by atoms with E-state index in [0.717, 1.165) is 30.3 Å².